The van der Waals surface area contributed by atoms with E-state index in [0.29, 0.717) is 0 Å². The molecule has 0 saturated carbocycles. The van der Waals surface area contributed by atoms with Gasteiger partial charge in [0.25, 0.3) is 0 Å². The Bertz CT molecular complexity index is 743. The molecule has 0 amide bonds. The lowest BCUT2D eigenvalue weighted by Crippen LogP contribution is -2.12. The molecule has 2 aromatic carbocycles. The molecule has 0 spiro atoms. The van der Waals surface area contributed by atoms with Crippen molar-refractivity contribution in [2.45, 2.75) is 26.8 Å². The van der Waals surface area contributed by atoms with Gasteiger partial charge in [-0.15, -0.1) is 0 Å². The minimum Gasteiger partial charge on any atom is -0.383 e. The number of hydrogen-bond acceptors (Lipinski definition) is 2. The van der Waals surface area contributed by atoms with Gasteiger partial charge in [-0.2, -0.15) is 0 Å². The van der Waals surface area contributed by atoms with Gasteiger partial charge in [0.15, 0.2) is 0 Å². The van der Waals surface area contributed by atoms with Crippen LogP contribution in [0.4, 0.5) is 5.69 Å². The molecule has 0 aliphatic heterocycles. The van der Waals surface area contributed by atoms with Crippen molar-refractivity contribution in [1.82, 2.24) is 9.55 Å². The molecule has 1 N–H and O–H groups in total. The monoisotopic (exact) mass is 279 g/mol. The zero-order valence-corrected chi connectivity index (χ0v) is 12.6. The summed E-state index contributed by atoms with van der Waals surface area (Å²) in [6.07, 6.45) is 0.957. The van der Waals surface area contributed by atoms with Crippen LogP contribution in [0, 0.1) is 6.92 Å². The number of nitrogens with zero attached hydrogens (tertiary/aromatic N) is 2. The van der Waals surface area contributed by atoms with Gasteiger partial charge in [-0.1, -0.05) is 31.2 Å². The normalized spacial score (nSPS) is 11.0. The molecule has 0 saturated heterocycles. The molecule has 1 heterocycles. The summed E-state index contributed by atoms with van der Waals surface area (Å²) in [4.78, 5) is 4.71. The van der Waals surface area contributed by atoms with Gasteiger partial charge in [0.2, 0.25) is 0 Å². The van der Waals surface area contributed by atoms with Crippen molar-refractivity contribution in [3.63, 3.8) is 0 Å². The van der Waals surface area contributed by atoms with Crippen molar-refractivity contribution in [1.29, 1.82) is 0 Å². The predicted octanol–water partition coefficient (Wildman–Crippen LogP) is 4.02. The average molecular weight is 279 g/mol. The molecule has 3 aromatic rings. The Labute approximate surface area is 125 Å². The fraction of sp³-hybridized carbons (Fsp3) is 0.278. The van der Waals surface area contributed by atoms with E-state index in [1.165, 1.54) is 16.8 Å². The van der Waals surface area contributed by atoms with Crippen LogP contribution in [0.2, 0.25) is 0 Å². The maximum absolute atomic E-state index is 4.71. The van der Waals surface area contributed by atoms with Crippen molar-refractivity contribution in [2.75, 3.05) is 11.9 Å². The number of fused-ring (bicyclic) bond motifs is 1. The second-order valence-electron chi connectivity index (χ2n) is 5.32. The number of hydrogen-bond donors (Lipinski definition) is 1. The minimum absolute atomic E-state index is 0.900. The summed E-state index contributed by atoms with van der Waals surface area (Å²) < 4.78 is 2.32. The smallest absolute Gasteiger partial charge is 0.109 e. The van der Waals surface area contributed by atoms with Gasteiger partial charge < -0.3 is 9.88 Å². The lowest BCUT2D eigenvalue weighted by Gasteiger charge is -2.10. The van der Waals surface area contributed by atoms with Crippen LogP contribution >= 0.6 is 0 Å². The molecule has 108 valence electrons. The van der Waals surface area contributed by atoms with Crippen LogP contribution in [0.1, 0.15) is 18.3 Å². The van der Waals surface area contributed by atoms with E-state index in [1.807, 2.05) is 6.07 Å². The van der Waals surface area contributed by atoms with Crippen molar-refractivity contribution >= 4 is 16.7 Å². The van der Waals surface area contributed by atoms with Gasteiger partial charge in [-0.05, 0) is 36.8 Å². The molecule has 3 nitrogen and oxygen atoms in total. The first kappa shape index (κ1) is 13.7. The van der Waals surface area contributed by atoms with Crippen LogP contribution in [0.15, 0.2) is 48.5 Å². The molecule has 0 aliphatic rings. The molecule has 1 aromatic heterocycles. The lowest BCUT2D eigenvalue weighted by molar-refractivity contribution is 0.699. The number of benzene rings is 2. The van der Waals surface area contributed by atoms with Gasteiger partial charge in [0.1, 0.15) is 5.82 Å². The molecule has 0 atom stereocenters. The van der Waals surface area contributed by atoms with Crippen molar-refractivity contribution < 1.29 is 0 Å². The Morgan fingerprint density at radius 2 is 1.95 bits per heavy atom. The fourth-order valence-corrected chi connectivity index (χ4v) is 2.71. The third-order valence-electron chi connectivity index (χ3n) is 3.73. The third kappa shape index (κ3) is 2.92. The van der Waals surface area contributed by atoms with Crippen LogP contribution in [-0.4, -0.2) is 16.1 Å². The minimum atomic E-state index is 0.900. The maximum atomic E-state index is 4.71. The quantitative estimate of drug-likeness (QED) is 0.764. The van der Waals surface area contributed by atoms with Gasteiger partial charge in [0.05, 0.1) is 11.0 Å². The van der Waals surface area contributed by atoms with E-state index < -0.39 is 0 Å². The van der Waals surface area contributed by atoms with Gasteiger partial charge in [0, 0.05) is 25.2 Å². The Kier molecular flexibility index (Phi) is 3.91. The van der Waals surface area contributed by atoms with Gasteiger partial charge in [-0.25, -0.2) is 4.98 Å². The number of imidazole rings is 1. The Morgan fingerprint density at radius 1 is 1.10 bits per heavy atom. The largest absolute Gasteiger partial charge is 0.383 e. The van der Waals surface area contributed by atoms with Crippen molar-refractivity contribution in [3.8, 4) is 0 Å². The highest BCUT2D eigenvalue weighted by atomic mass is 15.1. The summed E-state index contributed by atoms with van der Waals surface area (Å²) in [5.41, 5.74) is 4.77. The van der Waals surface area contributed by atoms with Crippen LogP contribution < -0.4 is 5.32 Å². The van der Waals surface area contributed by atoms with E-state index in [9.17, 15) is 0 Å². The first-order valence-corrected chi connectivity index (χ1v) is 7.52. The predicted molar refractivity (Wildman–Crippen MR) is 88.8 cm³/mol. The molecule has 0 bridgehead atoms. The molecule has 3 rings (SSSR count). The highest BCUT2D eigenvalue weighted by Gasteiger charge is 2.07. The molecule has 0 aliphatic carbocycles. The van der Waals surface area contributed by atoms with E-state index in [4.69, 9.17) is 4.98 Å². The van der Waals surface area contributed by atoms with Gasteiger partial charge in [-0.3, -0.25) is 0 Å². The van der Waals surface area contributed by atoms with Crippen LogP contribution in [0.5, 0.6) is 0 Å². The van der Waals surface area contributed by atoms with E-state index in [-0.39, 0.29) is 0 Å². The third-order valence-corrected chi connectivity index (χ3v) is 3.73. The van der Waals surface area contributed by atoms with Crippen LogP contribution in [0.25, 0.3) is 11.0 Å². The molecular formula is C18H21N3. The maximum Gasteiger partial charge on any atom is 0.109 e. The molecule has 0 unspecified atom stereocenters. The molecule has 3 heteroatoms. The first-order chi connectivity index (χ1) is 10.3. The summed E-state index contributed by atoms with van der Waals surface area (Å²) in [7, 11) is 0. The summed E-state index contributed by atoms with van der Waals surface area (Å²) in [6, 6.07) is 16.8. The number of anilines is 1. The second kappa shape index (κ2) is 6.00. The molecular weight excluding hydrogens is 258 g/mol. The summed E-state index contributed by atoms with van der Waals surface area (Å²) in [5.74, 6) is 1.15. The number of aromatic nitrogens is 2. The zero-order valence-electron chi connectivity index (χ0n) is 12.6. The second-order valence-corrected chi connectivity index (χ2v) is 5.32. The number of rotatable bonds is 5. The Morgan fingerprint density at radius 3 is 2.76 bits per heavy atom. The Hall–Kier alpha value is -2.29. The van der Waals surface area contributed by atoms with E-state index in [2.05, 4.69) is 66.2 Å². The van der Waals surface area contributed by atoms with E-state index in [1.54, 1.807) is 0 Å². The summed E-state index contributed by atoms with van der Waals surface area (Å²) in [5, 5.41) is 3.49. The zero-order chi connectivity index (χ0) is 14.7. The highest BCUT2D eigenvalue weighted by Crippen LogP contribution is 2.16. The lowest BCUT2D eigenvalue weighted by atomic mass is 10.2. The molecule has 21 heavy (non-hydrogen) atoms. The SMILES string of the molecule is CCc1nc2ccccc2n1CCNc1cccc(C)c1. The van der Waals surface area contributed by atoms with Crippen LogP contribution in [-0.2, 0) is 13.0 Å². The summed E-state index contributed by atoms with van der Waals surface area (Å²) >= 11 is 0. The first-order valence-electron chi connectivity index (χ1n) is 7.52. The Balaban J connectivity index is 1.75. The standard InChI is InChI=1S/C18H21N3/c1-3-18-20-16-9-4-5-10-17(16)21(18)12-11-19-15-8-6-7-14(2)13-15/h4-10,13,19H,3,11-12H2,1-2H3. The van der Waals surface area contributed by atoms with Gasteiger partial charge >= 0.3 is 0 Å². The molecule has 0 fully saturated rings. The van der Waals surface area contributed by atoms with Crippen LogP contribution in [0.3, 0.4) is 0 Å². The molecule has 0 radical (unpaired) electrons. The number of aryl methyl sites for hydroxylation is 2. The van der Waals surface area contributed by atoms with Crippen molar-refractivity contribution in [3.05, 3.63) is 59.9 Å². The summed E-state index contributed by atoms with van der Waals surface area (Å²) in [6.45, 7) is 6.10. The fourth-order valence-electron chi connectivity index (χ4n) is 2.71. The van der Waals surface area contributed by atoms with Crippen molar-refractivity contribution in [2.24, 2.45) is 0 Å². The number of nitrogens with one attached hydrogen (secondary N) is 1. The number of para-hydroxylation sites is 2. The van der Waals surface area contributed by atoms with E-state index >= 15 is 0 Å². The van der Waals surface area contributed by atoms with E-state index in [0.717, 1.165) is 30.9 Å². The average Bonchev–Trinajstić information content (AvgIpc) is 2.86. The topological polar surface area (TPSA) is 29.9 Å². The highest BCUT2D eigenvalue weighted by molar-refractivity contribution is 5.75.